The first-order valence-electron chi connectivity index (χ1n) is 6.00. The predicted octanol–water partition coefficient (Wildman–Crippen LogP) is 1.75. The Morgan fingerprint density at radius 3 is 2.25 bits per heavy atom. The molecule has 0 saturated heterocycles. The van der Waals surface area contributed by atoms with Gasteiger partial charge in [0.05, 0.1) is 12.0 Å². The van der Waals surface area contributed by atoms with Gasteiger partial charge in [0, 0.05) is 12.1 Å². The van der Waals surface area contributed by atoms with Gasteiger partial charge in [0.15, 0.2) is 0 Å². The Balaban J connectivity index is 0.00000361. The van der Waals surface area contributed by atoms with Crippen molar-refractivity contribution in [3.05, 3.63) is 23.3 Å². The van der Waals surface area contributed by atoms with Gasteiger partial charge in [0.1, 0.15) is 5.75 Å². The van der Waals surface area contributed by atoms with E-state index in [-0.39, 0.29) is 23.8 Å². The molecule has 0 saturated carbocycles. The van der Waals surface area contributed by atoms with Crippen LogP contribution in [0.4, 0.5) is 0 Å². The summed E-state index contributed by atoms with van der Waals surface area (Å²) >= 11 is 0. The predicted molar refractivity (Wildman–Crippen MR) is 83.2 cm³/mol. The van der Waals surface area contributed by atoms with Crippen molar-refractivity contribution in [3.63, 3.8) is 0 Å². The van der Waals surface area contributed by atoms with Crippen LogP contribution in [0, 0.1) is 13.8 Å². The van der Waals surface area contributed by atoms with Crippen LogP contribution in [-0.2, 0) is 10.0 Å². The van der Waals surface area contributed by atoms with Crippen molar-refractivity contribution in [2.75, 3.05) is 13.7 Å². The van der Waals surface area contributed by atoms with Gasteiger partial charge in [0.25, 0.3) is 0 Å². The fourth-order valence-electron chi connectivity index (χ4n) is 1.63. The number of methoxy groups -OCH3 is 1. The summed E-state index contributed by atoms with van der Waals surface area (Å²) in [7, 11) is -2.00. The fourth-order valence-corrected chi connectivity index (χ4v) is 3.16. The van der Waals surface area contributed by atoms with Gasteiger partial charge in [-0.3, -0.25) is 0 Å². The molecule has 0 heterocycles. The van der Waals surface area contributed by atoms with Crippen LogP contribution in [0.1, 0.15) is 25.0 Å². The van der Waals surface area contributed by atoms with E-state index in [1.54, 1.807) is 40.0 Å². The second-order valence-electron chi connectivity index (χ2n) is 5.40. The fraction of sp³-hybridized carbons (Fsp3) is 0.538. The molecule has 0 amide bonds. The third kappa shape index (κ3) is 4.94. The van der Waals surface area contributed by atoms with Gasteiger partial charge >= 0.3 is 0 Å². The summed E-state index contributed by atoms with van der Waals surface area (Å²) in [6, 6.07) is 3.33. The third-order valence-corrected chi connectivity index (χ3v) is 4.24. The number of hydrogen-bond donors (Lipinski definition) is 2. The maximum atomic E-state index is 12.2. The van der Waals surface area contributed by atoms with Crippen LogP contribution in [-0.4, -0.2) is 27.6 Å². The minimum absolute atomic E-state index is 0. The van der Waals surface area contributed by atoms with Crippen molar-refractivity contribution >= 4 is 22.4 Å². The molecule has 0 fully saturated rings. The number of aryl methyl sites for hydroxylation is 2. The number of nitrogens with one attached hydrogen (secondary N) is 1. The Morgan fingerprint density at radius 1 is 1.25 bits per heavy atom. The van der Waals surface area contributed by atoms with E-state index in [9.17, 15) is 8.42 Å². The highest BCUT2D eigenvalue weighted by Crippen LogP contribution is 2.25. The molecule has 3 N–H and O–H groups in total. The largest absolute Gasteiger partial charge is 0.496 e. The zero-order valence-corrected chi connectivity index (χ0v) is 14.1. The van der Waals surface area contributed by atoms with Crippen LogP contribution in [0.2, 0.25) is 0 Å². The van der Waals surface area contributed by atoms with Crippen molar-refractivity contribution in [2.24, 2.45) is 5.73 Å². The van der Waals surface area contributed by atoms with E-state index < -0.39 is 15.6 Å². The van der Waals surface area contributed by atoms with E-state index in [4.69, 9.17) is 10.5 Å². The number of benzene rings is 1. The van der Waals surface area contributed by atoms with Crippen molar-refractivity contribution in [1.29, 1.82) is 0 Å². The quantitative estimate of drug-likeness (QED) is 0.865. The minimum Gasteiger partial charge on any atom is -0.496 e. The standard InChI is InChI=1S/C13H22N2O3S.ClH/c1-9-7-12(10(2)6-11(9)18-5)19(16,17)15-8-13(3,4)14;/h6-7,15H,8,14H2,1-5H3;1H. The molecule has 7 heteroatoms. The first-order valence-corrected chi connectivity index (χ1v) is 7.49. The number of rotatable bonds is 5. The minimum atomic E-state index is -3.56. The summed E-state index contributed by atoms with van der Waals surface area (Å²) in [6.07, 6.45) is 0. The summed E-state index contributed by atoms with van der Waals surface area (Å²) in [4.78, 5) is 0.259. The molecular weight excluding hydrogens is 300 g/mol. The molecule has 0 bridgehead atoms. The Bertz CT molecular complexity index is 566. The first kappa shape index (κ1) is 19.2. The molecule has 0 aromatic heterocycles. The zero-order chi connectivity index (χ0) is 14.8. The number of ether oxygens (including phenoxy) is 1. The normalized spacial score (nSPS) is 11.9. The average Bonchev–Trinajstić information content (AvgIpc) is 2.28. The van der Waals surface area contributed by atoms with Gasteiger partial charge in [-0.2, -0.15) is 0 Å². The second-order valence-corrected chi connectivity index (χ2v) is 7.14. The smallest absolute Gasteiger partial charge is 0.240 e. The van der Waals surface area contributed by atoms with Crippen molar-refractivity contribution in [1.82, 2.24) is 4.72 Å². The lowest BCUT2D eigenvalue weighted by Gasteiger charge is -2.20. The Kier molecular flexibility index (Phi) is 6.48. The van der Waals surface area contributed by atoms with Gasteiger partial charge in [-0.1, -0.05) is 0 Å². The van der Waals surface area contributed by atoms with E-state index in [1.807, 2.05) is 6.92 Å². The number of nitrogens with two attached hydrogens (primary N) is 1. The van der Waals surface area contributed by atoms with Crippen molar-refractivity contribution < 1.29 is 13.2 Å². The van der Waals surface area contributed by atoms with Gasteiger partial charge < -0.3 is 10.5 Å². The van der Waals surface area contributed by atoms with Crippen LogP contribution in [0.15, 0.2) is 17.0 Å². The lowest BCUT2D eigenvalue weighted by Crippen LogP contribution is -2.45. The Labute approximate surface area is 127 Å². The van der Waals surface area contributed by atoms with Crippen LogP contribution in [0.3, 0.4) is 0 Å². The molecule has 0 atom stereocenters. The van der Waals surface area contributed by atoms with Crippen molar-refractivity contribution in [3.8, 4) is 5.75 Å². The highest BCUT2D eigenvalue weighted by Gasteiger charge is 2.21. The Hall–Kier alpha value is -0.820. The molecule has 0 unspecified atom stereocenters. The van der Waals surface area contributed by atoms with Crippen LogP contribution in [0.5, 0.6) is 5.75 Å². The monoisotopic (exact) mass is 322 g/mol. The maximum absolute atomic E-state index is 12.2. The third-order valence-electron chi connectivity index (χ3n) is 2.70. The molecule has 0 aliphatic heterocycles. The number of sulfonamides is 1. The molecule has 1 aromatic rings. The van der Waals surface area contributed by atoms with E-state index >= 15 is 0 Å². The second kappa shape index (κ2) is 6.76. The summed E-state index contributed by atoms with van der Waals surface area (Å²) in [5, 5.41) is 0. The number of hydrogen-bond acceptors (Lipinski definition) is 4. The highest BCUT2D eigenvalue weighted by atomic mass is 35.5. The van der Waals surface area contributed by atoms with Crippen LogP contribution in [0.25, 0.3) is 0 Å². The van der Waals surface area contributed by atoms with Gasteiger partial charge in [-0.25, -0.2) is 13.1 Å². The van der Waals surface area contributed by atoms with Gasteiger partial charge in [-0.15, -0.1) is 12.4 Å². The molecule has 0 aliphatic rings. The molecule has 0 radical (unpaired) electrons. The van der Waals surface area contributed by atoms with Crippen LogP contribution >= 0.6 is 12.4 Å². The topological polar surface area (TPSA) is 81.4 Å². The van der Waals surface area contributed by atoms with Crippen molar-refractivity contribution in [2.45, 2.75) is 38.1 Å². The van der Waals surface area contributed by atoms with E-state index in [2.05, 4.69) is 4.72 Å². The lowest BCUT2D eigenvalue weighted by molar-refractivity contribution is 0.411. The van der Waals surface area contributed by atoms with Crippen LogP contribution < -0.4 is 15.2 Å². The lowest BCUT2D eigenvalue weighted by atomic mass is 10.1. The first-order chi connectivity index (χ1) is 8.57. The summed E-state index contributed by atoms with van der Waals surface area (Å²) in [5.74, 6) is 0.676. The SMILES string of the molecule is COc1cc(C)c(S(=O)(=O)NCC(C)(C)N)cc1C.Cl. The summed E-state index contributed by atoms with van der Waals surface area (Å²) < 4.78 is 32.2. The maximum Gasteiger partial charge on any atom is 0.240 e. The number of halogens is 1. The Morgan fingerprint density at radius 2 is 1.80 bits per heavy atom. The van der Waals surface area contributed by atoms with E-state index in [0.29, 0.717) is 11.3 Å². The molecule has 0 aliphatic carbocycles. The molecule has 20 heavy (non-hydrogen) atoms. The highest BCUT2D eigenvalue weighted by molar-refractivity contribution is 7.89. The summed E-state index contributed by atoms with van der Waals surface area (Å²) in [6.45, 7) is 7.26. The zero-order valence-electron chi connectivity index (χ0n) is 12.5. The molecule has 116 valence electrons. The molecule has 1 aromatic carbocycles. The molecule has 0 spiro atoms. The van der Waals surface area contributed by atoms with Gasteiger partial charge in [0.2, 0.25) is 10.0 Å². The summed E-state index contributed by atoms with van der Waals surface area (Å²) in [5.41, 5.74) is 6.61. The molecule has 5 nitrogen and oxygen atoms in total. The molecular formula is C13H23ClN2O3S. The van der Waals surface area contributed by atoms with E-state index in [1.165, 1.54) is 0 Å². The average molecular weight is 323 g/mol. The molecule has 1 rings (SSSR count). The van der Waals surface area contributed by atoms with E-state index in [0.717, 1.165) is 5.56 Å². The van der Waals surface area contributed by atoms with Gasteiger partial charge in [-0.05, 0) is 51.0 Å².